The van der Waals surface area contributed by atoms with E-state index in [9.17, 15) is 4.39 Å². The molecule has 1 saturated heterocycles. The Morgan fingerprint density at radius 1 is 1.33 bits per heavy atom. The first kappa shape index (κ1) is 11.3. The van der Waals surface area contributed by atoms with Crippen LogP contribution in [0.3, 0.4) is 0 Å². The molecule has 1 atom stereocenters. The zero-order valence-corrected chi connectivity index (χ0v) is 9.99. The van der Waals surface area contributed by atoms with E-state index >= 15 is 0 Å². The first-order valence-electron chi connectivity index (χ1n) is 6.17. The number of rotatable bonds is 1. The van der Waals surface area contributed by atoms with Crippen molar-refractivity contribution in [3.8, 4) is 0 Å². The van der Waals surface area contributed by atoms with Crippen LogP contribution >= 0.6 is 0 Å². The van der Waals surface area contributed by atoms with Crippen LogP contribution in [0.25, 0.3) is 10.9 Å². The lowest BCUT2D eigenvalue weighted by atomic mass is 9.98. The largest absolute Gasteiger partial charge is 0.383 e. The number of anilines is 1. The van der Waals surface area contributed by atoms with Crippen LogP contribution in [0.1, 0.15) is 24.6 Å². The van der Waals surface area contributed by atoms with Crippen LogP contribution in [-0.4, -0.2) is 23.1 Å². The number of nitrogens with zero attached hydrogens (tertiary/aromatic N) is 2. The summed E-state index contributed by atoms with van der Waals surface area (Å²) in [6, 6.07) is 4.44. The van der Waals surface area contributed by atoms with Crippen LogP contribution < -0.4 is 11.1 Å². The summed E-state index contributed by atoms with van der Waals surface area (Å²) >= 11 is 0. The molecular formula is C13H15FN4. The average Bonchev–Trinajstić information content (AvgIpc) is 2.40. The monoisotopic (exact) mass is 246 g/mol. The van der Waals surface area contributed by atoms with Crippen LogP contribution in [-0.2, 0) is 0 Å². The van der Waals surface area contributed by atoms with Crippen molar-refractivity contribution < 1.29 is 4.39 Å². The van der Waals surface area contributed by atoms with Crippen molar-refractivity contribution in [1.29, 1.82) is 0 Å². The lowest BCUT2D eigenvalue weighted by Crippen LogP contribution is -2.29. The van der Waals surface area contributed by atoms with Crippen LogP contribution in [0.4, 0.5) is 10.2 Å². The topological polar surface area (TPSA) is 63.8 Å². The van der Waals surface area contributed by atoms with E-state index in [2.05, 4.69) is 15.3 Å². The number of halogens is 1. The van der Waals surface area contributed by atoms with Crippen molar-refractivity contribution in [3.63, 3.8) is 0 Å². The van der Waals surface area contributed by atoms with Crippen molar-refractivity contribution >= 4 is 16.7 Å². The highest BCUT2D eigenvalue weighted by Gasteiger charge is 2.19. The standard InChI is InChI=1S/C13H15FN4/c14-9-3-4-11-10(6-9)12(15)18-13(17-11)8-2-1-5-16-7-8/h3-4,6,8,16H,1-2,5,7H2,(H2,15,17,18). The Kier molecular flexibility index (Phi) is 2.83. The Morgan fingerprint density at radius 3 is 3.00 bits per heavy atom. The Labute approximate surface area is 104 Å². The summed E-state index contributed by atoms with van der Waals surface area (Å²) in [5, 5.41) is 3.91. The van der Waals surface area contributed by atoms with Gasteiger partial charge < -0.3 is 11.1 Å². The molecule has 0 saturated carbocycles. The molecule has 0 amide bonds. The number of fused-ring (bicyclic) bond motifs is 1. The first-order chi connectivity index (χ1) is 8.74. The number of nitrogens with one attached hydrogen (secondary N) is 1. The fourth-order valence-corrected chi connectivity index (χ4v) is 2.40. The maximum absolute atomic E-state index is 13.2. The number of nitrogens with two attached hydrogens (primary N) is 1. The minimum absolute atomic E-state index is 0.301. The molecule has 1 aliphatic rings. The molecule has 3 rings (SSSR count). The second-order valence-electron chi connectivity index (χ2n) is 4.67. The summed E-state index contributed by atoms with van der Waals surface area (Å²) in [5.41, 5.74) is 6.61. The molecular weight excluding hydrogens is 231 g/mol. The third-order valence-electron chi connectivity index (χ3n) is 3.37. The van der Waals surface area contributed by atoms with Crippen LogP contribution in [0.5, 0.6) is 0 Å². The van der Waals surface area contributed by atoms with E-state index in [1.165, 1.54) is 12.1 Å². The predicted molar refractivity (Wildman–Crippen MR) is 68.8 cm³/mol. The zero-order valence-electron chi connectivity index (χ0n) is 9.99. The first-order valence-corrected chi connectivity index (χ1v) is 6.17. The Bertz CT molecular complexity index is 578. The van der Waals surface area contributed by atoms with E-state index in [0.29, 0.717) is 22.6 Å². The van der Waals surface area contributed by atoms with Gasteiger partial charge >= 0.3 is 0 Å². The summed E-state index contributed by atoms with van der Waals surface area (Å²) in [7, 11) is 0. The SMILES string of the molecule is Nc1nc(C2CCCNC2)nc2ccc(F)cc12. The van der Waals surface area contributed by atoms with Crippen molar-refractivity contribution in [1.82, 2.24) is 15.3 Å². The highest BCUT2D eigenvalue weighted by Crippen LogP contribution is 2.25. The average molecular weight is 246 g/mol. The van der Waals surface area contributed by atoms with Gasteiger partial charge in [0, 0.05) is 17.8 Å². The van der Waals surface area contributed by atoms with E-state index in [0.717, 1.165) is 31.8 Å². The van der Waals surface area contributed by atoms with Gasteiger partial charge in [0.15, 0.2) is 0 Å². The number of hydrogen-bond donors (Lipinski definition) is 2. The normalized spacial score (nSPS) is 20.2. The van der Waals surface area contributed by atoms with Gasteiger partial charge in [0.05, 0.1) is 5.52 Å². The molecule has 2 heterocycles. The molecule has 1 unspecified atom stereocenters. The van der Waals surface area contributed by atoms with Gasteiger partial charge in [-0.3, -0.25) is 0 Å². The molecule has 4 nitrogen and oxygen atoms in total. The Hall–Kier alpha value is -1.75. The molecule has 0 spiro atoms. The summed E-state index contributed by atoms with van der Waals surface area (Å²) in [4.78, 5) is 8.83. The number of nitrogen functional groups attached to an aromatic ring is 1. The smallest absolute Gasteiger partial charge is 0.135 e. The summed E-state index contributed by atoms with van der Waals surface area (Å²) in [6.45, 7) is 1.93. The van der Waals surface area contributed by atoms with Crippen LogP contribution in [0, 0.1) is 5.82 Å². The van der Waals surface area contributed by atoms with Crippen LogP contribution in [0.2, 0.25) is 0 Å². The third kappa shape index (κ3) is 2.01. The third-order valence-corrected chi connectivity index (χ3v) is 3.37. The molecule has 1 aromatic carbocycles. The van der Waals surface area contributed by atoms with Gasteiger partial charge in [0.2, 0.25) is 0 Å². The van der Waals surface area contributed by atoms with Gasteiger partial charge in [-0.05, 0) is 37.6 Å². The van der Waals surface area contributed by atoms with Gasteiger partial charge in [-0.2, -0.15) is 0 Å². The summed E-state index contributed by atoms with van der Waals surface area (Å²) < 4.78 is 13.2. The van der Waals surface area contributed by atoms with Crippen molar-refractivity contribution in [2.45, 2.75) is 18.8 Å². The van der Waals surface area contributed by atoms with Gasteiger partial charge in [0.1, 0.15) is 17.5 Å². The van der Waals surface area contributed by atoms with Crippen LogP contribution in [0.15, 0.2) is 18.2 Å². The molecule has 2 aromatic rings. The van der Waals surface area contributed by atoms with Gasteiger partial charge in [-0.15, -0.1) is 0 Å². The van der Waals surface area contributed by atoms with Crippen molar-refractivity contribution in [3.05, 3.63) is 29.8 Å². The molecule has 0 bridgehead atoms. The van der Waals surface area contributed by atoms with Crippen molar-refractivity contribution in [2.24, 2.45) is 0 Å². The maximum Gasteiger partial charge on any atom is 0.135 e. The molecule has 0 aliphatic carbocycles. The second kappa shape index (κ2) is 4.49. The van der Waals surface area contributed by atoms with Gasteiger partial charge in [-0.1, -0.05) is 0 Å². The van der Waals surface area contributed by atoms with E-state index in [1.807, 2.05) is 0 Å². The highest BCUT2D eigenvalue weighted by atomic mass is 19.1. The molecule has 5 heteroatoms. The quantitative estimate of drug-likeness (QED) is 0.805. The van der Waals surface area contributed by atoms with E-state index in [4.69, 9.17) is 5.73 Å². The minimum atomic E-state index is -0.315. The summed E-state index contributed by atoms with van der Waals surface area (Å²) in [6.07, 6.45) is 2.19. The number of benzene rings is 1. The molecule has 0 radical (unpaired) electrons. The molecule has 1 fully saturated rings. The molecule has 3 N–H and O–H groups in total. The number of hydrogen-bond acceptors (Lipinski definition) is 4. The van der Waals surface area contributed by atoms with Gasteiger partial charge in [0.25, 0.3) is 0 Å². The predicted octanol–water partition coefficient (Wildman–Crippen LogP) is 1.82. The highest BCUT2D eigenvalue weighted by molar-refractivity contribution is 5.87. The molecule has 1 aliphatic heterocycles. The fraction of sp³-hybridized carbons (Fsp3) is 0.385. The number of aromatic nitrogens is 2. The molecule has 94 valence electrons. The van der Waals surface area contributed by atoms with E-state index < -0.39 is 0 Å². The minimum Gasteiger partial charge on any atom is -0.383 e. The zero-order chi connectivity index (χ0) is 12.5. The Morgan fingerprint density at radius 2 is 2.22 bits per heavy atom. The molecule has 18 heavy (non-hydrogen) atoms. The lowest BCUT2D eigenvalue weighted by molar-refractivity contribution is 0.448. The Balaban J connectivity index is 2.06. The van der Waals surface area contributed by atoms with Gasteiger partial charge in [-0.25, -0.2) is 14.4 Å². The van der Waals surface area contributed by atoms with E-state index in [1.54, 1.807) is 6.07 Å². The fourth-order valence-electron chi connectivity index (χ4n) is 2.40. The maximum atomic E-state index is 13.2. The van der Waals surface area contributed by atoms with E-state index in [-0.39, 0.29) is 5.82 Å². The molecule has 1 aromatic heterocycles. The lowest BCUT2D eigenvalue weighted by Gasteiger charge is -2.21. The number of piperidine rings is 1. The second-order valence-corrected chi connectivity index (χ2v) is 4.67. The summed E-state index contributed by atoms with van der Waals surface area (Å²) in [5.74, 6) is 1.11. The van der Waals surface area contributed by atoms with Crippen molar-refractivity contribution in [2.75, 3.05) is 18.8 Å².